The van der Waals surface area contributed by atoms with Gasteiger partial charge in [-0.2, -0.15) is 0 Å². The van der Waals surface area contributed by atoms with Gasteiger partial charge in [0.2, 0.25) is 0 Å². The summed E-state index contributed by atoms with van der Waals surface area (Å²) in [6.07, 6.45) is 2.55. The quantitative estimate of drug-likeness (QED) is 0.619. The Kier molecular flexibility index (Phi) is 6.35. The lowest BCUT2D eigenvalue weighted by atomic mass is 10.1. The van der Waals surface area contributed by atoms with Crippen molar-refractivity contribution in [2.75, 3.05) is 13.1 Å². The molecule has 1 unspecified atom stereocenters. The molecular weight excluding hydrogens is 162 g/mol. The Bertz CT molecular complexity index is 123. The highest BCUT2D eigenvalue weighted by Gasteiger charge is 2.18. The lowest BCUT2D eigenvalue weighted by Crippen LogP contribution is -2.35. The van der Waals surface area contributed by atoms with Crippen molar-refractivity contribution in [1.29, 1.82) is 0 Å². The number of nitrogens with one attached hydrogen (secondary N) is 1. The third-order valence-corrected chi connectivity index (χ3v) is 2.23. The van der Waals surface area contributed by atoms with Gasteiger partial charge >= 0.3 is 0 Å². The molecule has 0 aliphatic rings. The Morgan fingerprint density at radius 3 is 2.38 bits per heavy atom. The monoisotopic (exact) mass is 187 g/mol. The standard InChI is InChI=1S/C11H25NO/c1-6-8-12-9-10(3)13-11(4,5)7-2/h10,12H,6-9H2,1-5H3. The van der Waals surface area contributed by atoms with Gasteiger partial charge in [-0.25, -0.2) is 0 Å². The van der Waals surface area contributed by atoms with Crippen LogP contribution in [0.3, 0.4) is 0 Å². The summed E-state index contributed by atoms with van der Waals surface area (Å²) >= 11 is 0. The highest BCUT2D eigenvalue weighted by atomic mass is 16.5. The zero-order valence-electron chi connectivity index (χ0n) is 9.81. The fourth-order valence-corrected chi connectivity index (χ4v) is 1.15. The van der Waals surface area contributed by atoms with E-state index < -0.39 is 0 Å². The predicted molar refractivity (Wildman–Crippen MR) is 58.1 cm³/mol. The summed E-state index contributed by atoms with van der Waals surface area (Å²) in [7, 11) is 0. The molecule has 0 aromatic carbocycles. The van der Waals surface area contributed by atoms with Crippen molar-refractivity contribution in [1.82, 2.24) is 5.32 Å². The van der Waals surface area contributed by atoms with Gasteiger partial charge in [-0.1, -0.05) is 13.8 Å². The van der Waals surface area contributed by atoms with Crippen molar-refractivity contribution in [2.45, 2.75) is 59.2 Å². The maximum atomic E-state index is 5.87. The maximum absolute atomic E-state index is 5.87. The zero-order chi connectivity index (χ0) is 10.3. The molecule has 2 heteroatoms. The summed E-state index contributed by atoms with van der Waals surface area (Å²) in [4.78, 5) is 0. The van der Waals surface area contributed by atoms with Gasteiger partial charge in [0.05, 0.1) is 11.7 Å². The van der Waals surface area contributed by atoms with Crippen LogP contribution in [0.1, 0.15) is 47.5 Å². The number of rotatable bonds is 7. The molecule has 0 aromatic rings. The third kappa shape index (κ3) is 7.03. The van der Waals surface area contributed by atoms with Crippen molar-refractivity contribution >= 4 is 0 Å². The number of hydrogen-bond donors (Lipinski definition) is 1. The van der Waals surface area contributed by atoms with Gasteiger partial charge < -0.3 is 10.1 Å². The fourth-order valence-electron chi connectivity index (χ4n) is 1.15. The van der Waals surface area contributed by atoms with Crippen molar-refractivity contribution in [2.24, 2.45) is 0 Å². The van der Waals surface area contributed by atoms with Crippen molar-refractivity contribution in [3.05, 3.63) is 0 Å². The van der Waals surface area contributed by atoms with Crippen LogP contribution in [-0.4, -0.2) is 24.8 Å². The first-order valence-corrected chi connectivity index (χ1v) is 5.40. The summed E-state index contributed by atoms with van der Waals surface area (Å²) in [6.45, 7) is 12.8. The molecule has 1 atom stereocenters. The minimum Gasteiger partial charge on any atom is -0.371 e. The second-order valence-electron chi connectivity index (χ2n) is 4.25. The summed E-state index contributed by atoms with van der Waals surface area (Å²) in [6, 6.07) is 0. The van der Waals surface area contributed by atoms with E-state index in [1.807, 2.05) is 0 Å². The smallest absolute Gasteiger partial charge is 0.0678 e. The Morgan fingerprint density at radius 1 is 1.31 bits per heavy atom. The zero-order valence-corrected chi connectivity index (χ0v) is 9.81. The molecule has 0 rings (SSSR count). The van der Waals surface area contributed by atoms with Gasteiger partial charge in [0.15, 0.2) is 0 Å². The largest absolute Gasteiger partial charge is 0.371 e. The van der Waals surface area contributed by atoms with Crippen LogP contribution in [0.25, 0.3) is 0 Å². The molecule has 0 saturated carbocycles. The van der Waals surface area contributed by atoms with Gasteiger partial charge in [0, 0.05) is 6.54 Å². The Labute approximate surface area is 83.1 Å². The molecule has 0 radical (unpaired) electrons. The van der Waals surface area contributed by atoms with Crippen LogP contribution >= 0.6 is 0 Å². The first kappa shape index (κ1) is 12.9. The molecule has 0 spiro atoms. The van der Waals surface area contributed by atoms with E-state index in [-0.39, 0.29) is 5.60 Å². The molecule has 80 valence electrons. The minimum atomic E-state index is 0.0211. The van der Waals surface area contributed by atoms with E-state index in [4.69, 9.17) is 4.74 Å². The molecule has 13 heavy (non-hydrogen) atoms. The molecule has 1 N–H and O–H groups in total. The summed E-state index contributed by atoms with van der Waals surface area (Å²) in [5.41, 5.74) is 0.0211. The Balaban J connectivity index is 3.55. The molecule has 0 bridgehead atoms. The summed E-state index contributed by atoms with van der Waals surface area (Å²) in [5.74, 6) is 0. The van der Waals surface area contributed by atoms with E-state index in [0.29, 0.717) is 6.10 Å². The molecular formula is C11H25NO. The highest BCUT2D eigenvalue weighted by Crippen LogP contribution is 2.15. The molecule has 0 heterocycles. The minimum absolute atomic E-state index is 0.0211. The maximum Gasteiger partial charge on any atom is 0.0678 e. The van der Waals surface area contributed by atoms with Crippen LogP contribution in [0.2, 0.25) is 0 Å². The van der Waals surface area contributed by atoms with Crippen LogP contribution in [-0.2, 0) is 4.74 Å². The van der Waals surface area contributed by atoms with Crippen LogP contribution in [0.5, 0.6) is 0 Å². The van der Waals surface area contributed by atoms with Gasteiger partial charge in [0.1, 0.15) is 0 Å². The van der Waals surface area contributed by atoms with Gasteiger partial charge in [-0.3, -0.25) is 0 Å². The van der Waals surface area contributed by atoms with Gasteiger partial charge in [0.25, 0.3) is 0 Å². The Morgan fingerprint density at radius 2 is 1.92 bits per heavy atom. The average molecular weight is 187 g/mol. The van der Waals surface area contributed by atoms with E-state index >= 15 is 0 Å². The summed E-state index contributed by atoms with van der Waals surface area (Å²) < 4.78 is 5.87. The number of hydrogen-bond acceptors (Lipinski definition) is 2. The van der Waals surface area contributed by atoms with E-state index in [1.54, 1.807) is 0 Å². The lowest BCUT2D eigenvalue weighted by molar-refractivity contribution is -0.0640. The van der Waals surface area contributed by atoms with Gasteiger partial charge in [-0.05, 0) is 40.2 Å². The van der Waals surface area contributed by atoms with Gasteiger partial charge in [-0.15, -0.1) is 0 Å². The second-order valence-corrected chi connectivity index (χ2v) is 4.25. The molecule has 0 aromatic heterocycles. The predicted octanol–water partition coefficient (Wildman–Crippen LogP) is 2.58. The normalized spacial score (nSPS) is 14.5. The molecule has 0 amide bonds. The van der Waals surface area contributed by atoms with Crippen LogP contribution < -0.4 is 5.32 Å². The molecule has 0 aliphatic carbocycles. The molecule has 0 aliphatic heterocycles. The number of ether oxygens (including phenoxy) is 1. The first-order valence-electron chi connectivity index (χ1n) is 5.40. The van der Waals surface area contributed by atoms with Crippen LogP contribution in [0, 0.1) is 0 Å². The van der Waals surface area contributed by atoms with Crippen LogP contribution in [0.15, 0.2) is 0 Å². The molecule has 2 nitrogen and oxygen atoms in total. The van der Waals surface area contributed by atoms with Crippen molar-refractivity contribution in [3.8, 4) is 0 Å². The van der Waals surface area contributed by atoms with Crippen molar-refractivity contribution in [3.63, 3.8) is 0 Å². The molecule has 0 saturated heterocycles. The second kappa shape index (κ2) is 6.39. The van der Waals surface area contributed by atoms with Crippen molar-refractivity contribution < 1.29 is 4.74 Å². The lowest BCUT2D eigenvalue weighted by Gasteiger charge is -2.28. The topological polar surface area (TPSA) is 21.3 Å². The SMILES string of the molecule is CCCNCC(C)OC(C)(C)CC. The third-order valence-electron chi connectivity index (χ3n) is 2.23. The fraction of sp³-hybridized carbons (Fsp3) is 1.00. The molecule has 0 fully saturated rings. The van der Waals surface area contributed by atoms with E-state index in [1.165, 1.54) is 6.42 Å². The highest BCUT2D eigenvalue weighted by molar-refractivity contribution is 4.68. The van der Waals surface area contributed by atoms with Crippen LogP contribution in [0.4, 0.5) is 0 Å². The average Bonchev–Trinajstić information content (AvgIpc) is 2.04. The van der Waals surface area contributed by atoms with E-state index in [9.17, 15) is 0 Å². The first-order chi connectivity index (χ1) is 6.02. The van der Waals surface area contributed by atoms with E-state index in [0.717, 1.165) is 19.5 Å². The van der Waals surface area contributed by atoms with E-state index in [2.05, 4.69) is 39.9 Å². The Hall–Kier alpha value is -0.0800. The summed E-state index contributed by atoms with van der Waals surface area (Å²) in [5, 5.41) is 3.36.